The standard InChI is InChI=1S/C15H24N2O2S/c1-5-13-7-6-8-17(13)20(18,19)15-11(3)9-10(2)14(16)12(15)4/h9,13H,5-8,16H2,1-4H3. The molecule has 4 nitrogen and oxygen atoms in total. The maximum Gasteiger partial charge on any atom is 0.243 e. The van der Waals surface area contributed by atoms with Crippen LogP contribution in [0, 0.1) is 20.8 Å². The second kappa shape index (κ2) is 5.37. The van der Waals surface area contributed by atoms with E-state index in [0.29, 0.717) is 22.7 Å². The van der Waals surface area contributed by atoms with Gasteiger partial charge in [0, 0.05) is 18.3 Å². The van der Waals surface area contributed by atoms with Gasteiger partial charge in [0.05, 0.1) is 4.90 Å². The monoisotopic (exact) mass is 296 g/mol. The predicted octanol–water partition coefficient (Wildman–Crippen LogP) is 2.76. The molecule has 0 radical (unpaired) electrons. The van der Waals surface area contributed by atoms with Crippen molar-refractivity contribution < 1.29 is 8.42 Å². The van der Waals surface area contributed by atoms with Crippen molar-refractivity contribution >= 4 is 15.7 Å². The lowest BCUT2D eigenvalue weighted by Gasteiger charge is -2.25. The van der Waals surface area contributed by atoms with E-state index >= 15 is 0 Å². The molecule has 0 aliphatic carbocycles. The minimum atomic E-state index is -3.45. The van der Waals surface area contributed by atoms with Gasteiger partial charge in [0.2, 0.25) is 10.0 Å². The summed E-state index contributed by atoms with van der Waals surface area (Å²) >= 11 is 0. The minimum Gasteiger partial charge on any atom is -0.398 e. The molecule has 1 aromatic rings. The number of aryl methyl sites for hydroxylation is 2. The van der Waals surface area contributed by atoms with E-state index in [4.69, 9.17) is 5.73 Å². The fraction of sp³-hybridized carbons (Fsp3) is 0.600. The Morgan fingerprint density at radius 3 is 2.55 bits per heavy atom. The van der Waals surface area contributed by atoms with Gasteiger partial charge in [-0.2, -0.15) is 4.31 Å². The molecule has 0 spiro atoms. The van der Waals surface area contributed by atoms with E-state index in [1.54, 1.807) is 11.2 Å². The van der Waals surface area contributed by atoms with Crippen LogP contribution in [-0.4, -0.2) is 25.3 Å². The lowest BCUT2D eigenvalue weighted by atomic mass is 10.1. The Morgan fingerprint density at radius 1 is 1.30 bits per heavy atom. The molecule has 0 amide bonds. The molecule has 1 aromatic carbocycles. The van der Waals surface area contributed by atoms with Crippen molar-refractivity contribution in [3.63, 3.8) is 0 Å². The summed E-state index contributed by atoms with van der Waals surface area (Å²) < 4.78 is 27.6. The maximum atomic E-state index is 13.0. The van der Waals surface area contributed by atoms with E-state index in [0.717, 1.165) is 30.4 Å². The Morgan fingerprint density at radius 2 is 1.95 bits per heavy atom. The summed E-state index contributed by atoms with van der Waals surface area (Å²) in [4.78, 5) is 0.404. The van der Waals surface area contributed by atoms with E-state index in [9.17, 15) is 8.42 Å². The van der Waals surface area contributed by atoms with E-state index in [2.05, 4.69) is 0 Å². The number of nitrogen functional groups attached to an aromatic ring is 1. The normalized spacial score (nSPS) is 20.5. The Bertz CT molecular complexity index is 623. The molecule has 5 heteroatoms. The van der Waals surface area contributed by atoms with Crippen molar-refractivity contribution in [1.29, 1.82) is 0 Å². The van der Waals surface area contributed by atoms with Gasteiger partial charge in [-0.25, -0.2) is 8.42 Å². The van der Waals surface area contributed by atoms with Crippen LogP contribution in [0.25, 0.3) is 0 Å². The Hall–Kier alpha value is -1.07. The second-order valence-corrected chi connectivity index (χ2v) is 7.53. The number of hydrogen-bond donors (Lipinski definition) is 1. The molecular weight excluding hydrogens is 272 g/mol. The number of anilines is 1. The molecule has 0 bridgehead atoms. The van der Waals surface area contributed by atoms with Crippen LogP contribution in [0.3, 0.4) is 0 Å². The van der Waals surface area contributed by atoms with Crippen LogP contribution in [0.4, 0.5) is 5.69 Å². The fourth-order valence-electron chi connectivity index (χ4n) is 3.23. The molecule has 1 atom stereocenters. The van der Waals surface area contributed by atoms with Crippen LogP contribution in [0.15, 0.2) is 11.0 Å². The minimum absolute atomic E-state index is 0.126. The second-order valence-electron chi connectivity index (χ2n) is 5.70. The highest BCUT2D eigenvalue weighted by molar-refractivity contribution is 7.89. The van der Waals surface area contributed by atoms with E-state index in [-0.39, 0.29) is 6.04 Å². The van der Waals surface area contributed by atoms with Crippen molar-refractivity contribution in [2.45, 2.75) is 57.9 Å². The summed E-state index contributed by atoms with van der Waals surface area (Å²) in [5.41, 5.74) is 9.03. The van der Waals surface area contributed by atoms with Crippen LogP contribution in [0.1, 0.15) is 42.9 Å². The summed E-state index contributed by atoms with van der Waals surface area (Å²) in [5, 5.41) is 0. The smallest absolute Gasteiger partial charge is 0.243 e. The third-order valence-electron chi connectivity index (χ3n) is 4.32. The molecule has 1 aliphatic rings. The number of rotatable bonds is 3. The number of sulfonamides is 1. The largest absolute Gasteiger partial charge is 0.398 e. The molecule has 2 N–H and O–H groups in total. The average Bonchev–Trinajstić information content (AvgIpc) is 2.84. The molecule has 2 rings (SSSR count). The number of nitrogens with two attached hydrogens (primary N) is 1. The first-order valence-corrected chi connectivity index (χ1v) is 8.62. The molecule has 0 saturated carbocycles. The third kappa shape index (κ3) is 2.33. The molecule has 1 heterocycles. The fourth-order valence-corrected chi connectivity index (χ4v) is 5.44. The molecule has 20 heavy (non-hydrogen) atoms. The van der Waals surface area contributed by atoms with E-state index in [1.165, 1.54) is 0 Å². The van der Waals surface area contributed by atoms with Crippen LogP contribution < -0.4 is 5.73 Å². The number of nitrogens with zero attached hydrogens (tertiary/aromatic N) is 1. The van der Waals surface area contributed by atoms with Gasteiger partial charge in [0.25, 0.3) is 0 Å². The SMILES string of the molecule is CCC1CCCN1S(=O)(=O)c1c(C)cc(C)c(N)c1C. The van der Waals surface area contributed by atoms with Crippen molar-refractivity contribution in [3.8, 4) is 0 Å². The maximum absolute atomic E-state index is 13.0. The van der Waals surface area contributed by atoms with Crippen LogP contribution in [0.2, 0.25) is 0 Å². The zero-order valence-electron chi connectivity index (χ0n) is 12.7. The van der Waals surface area contributed by atoms with Gasteiger partial charge in [-0.3, -0.25) is 0 Å². The summed E-state index contributed by atoms with van der Waals surface area (Å²) in [5.74, 6) is 0. The van der Waals surface area contributed by atoms with Crippen LogP contribution >= 0.6 is 0 Å². The third-order valence-corrected chi connectivity index (χ3v) is 6.56. The highest BCUT2D eigenvalue weighted by Crippen LogP contribution is 2.34. The lowest BCUT2D eigenvalue weighted by Crippen LogP contribution is -2.36. The molecule has 1 fully saturated rings. The number of hydrogen-bond acceptors (Lipinski definition) is 3. The van der Waals surface area contributed by atoms with Gasteiger partial charge in [-0.15, -0.1) is 0 Å². The molecular formula is C15H24N2O2S. The first-order chi connectivity index (χ1) is 9.30. The van der Waals surface area contributed by atoms with Crippen molar-refractivity contribution in [3.05, 3.63) is 22.8 Å². The molecule has 1 saturated heterocycles. The van der Waals surface area contributed by atoms with Gasteiger partial charge in [0.1, 0.15) is 0 Å². The first kappa shape index (κ1) is 15.3. The first-order valence-electron chi connectivity index (χ1n) is 7.18. The molecule has 0 aromatic heterocycles. The Labute approximate surface area is 122 Å². The molecule has 1 aliphatic heterocycles. The average molecular weight is 296 g/mol. The quantitative estimate of drug-likeness (QED) is 0.872. The summed E-state index contributed by atoms with van der Waals surface area (Å²) in [7, 11) is -3.45. The summed E-state index contributed by atoms with van der Waals surface area (Å²) in [6.07, 6.45) is 2.75. The van der Waals surface area contributed by atoms with Crippen molar-refractivity contribution in [2.75, 3.05) is 12.3 Å². The lowest BCUT2D eigenvalue weighted by molar-refractivity contribution is 0.379. The molecule has 112 valence electrons. The van der Waals surface area contributed by atoms with E-state index in [1.807, 2.05) is 26.8 Å². The Balaban J connectivity index is 2.58. The number of benzene rings is 1. The van der Waals surface area contributed by atoms with Crippen LogP contribution in [0.5, 0.6) is 0 Å². The summed E-state index contributed by atoms with van der Waals surface area (Å²) in [6.45, 7) is 8.23. The van der Waals surface area contributed by atoms with Gasteiger partial charge in [0.15, 0.2) is 0 Å². The van der Waals surface area contributed by atoms with Gasteiger partial charge >= 0.3 is 0 Å². The zero-order valence-corrected chi connectivity index (χ0v) is 13.5. The Kier molecular flexibility index (Phi) is 4.12. The van der Waals surface area contributed by atoms with E-state index < -0.39 is 10.0 Å². The zero-order chi connectivity index (χ0) is 15.1. The highest BCUT2D eigenvalue weighted by atomic mass is 32.2. The van der Waals surface area contributed by atoms with Gasteiger partial charge in [-0.05, 0) is 56.7 Å². The highest BCUT2D eigenvalue weighted by Gasteiger charge is 2.36. The van der Waals surface area contributed by atoms with Gasteiger partial charge in [-0.1, -0.05) is 13.0 Å². The van der Waals surface area contributed by atoms with Crippen molar-refractivity contribution in [1.82, 2.24) is 4.31 Å². The van der Waals surface area contributed by atoms with Crippen molar-refractivity contribution in [2.24, 2.45) is 0 Å². The summed E-state index contributed by atoms with van der Waals surface area (Å²) in [6, 6.07) is 1.99. The van der Waals surface area contributed by atoms with Gasteiger partial charge < -0.3 is 5.73 Å². The molecule has 1 unspecified atom stereocenters. The predicted molar refractivity (Wildman–Crippen MR) is 82.3 cm³/mol. The van der Waals surface area contributed by atoms with Crippen LogP contribution in [-0.2, 0) is 10.0 Å². The topological polar surface area (TPSA) is 63.4 Å².